The number of methoxy groups -OCH3 is 2. The molecule has 0 radical (unpaired) electrons. The highest BCUT2D eigenvalue weighted by Gasteiger charge is 2.15. The number of aliphatic carboxylic acids is 1. The molecular weight excluding hydrogens is 264 g/mol. The van der Waals surface area contributed by atoms with E-state index in [0.717, 1.165) is 16.0 Å². The van der Waals surface area contributed by atoms with E-state index in [1.807, 2.05) is 29.6 Å². The zero-order valence-electron chi connectivity index (χ0n) is 10.7. The molecular formula is C14H14O4S. The van der Waals surface area contributed by atoms with Crippen molar-refractivity contribution in [2.75, 3.05) is 14.2 Å². The van der Waals surface area contributed by atoms with Crippen LogP contribution in [0.2, 0.25) is 0 Å². The zero-order valence-corrected chi connectivity index (χ0v) is 11.5. The lowest BCUT2D eigenvalue weighted by atomic mass is 10.1. The van der Waals surface area contributed by atoms with Gasteiger partial charge in [-0.15, -0.1) is 11.3 Å². The van der Waals surface area contributed by atoms with Crippen molar-refractivity contribution < 1.29 is 19.4 Å². The topological polar surface area (TPSA) is 55.8 Å². The van der Waals surface area contributed by atoms with Crippen molar-refractivity contribution in [3.8, 4) is 21.9 Å². The molecule has 1 N–H and O–H groups in total. The number of benzene rings is 1. The van der Waals surface area contributed by atoms with Crippen molar-refractivity contribution >= 4 is 17.3 Å². The minimum atomic E-state index is -0.846. The SMILES string of the molecule is COc1ccc(OC)c(-c2sccc2CC(=O)O)c1. The Bertz CT molecular complexity index is 589. The minimum Gasteiger partial charge on any atom is -0.497 e. The van der Waals surface area contributed by atoms with Crippen LogP contribution in [0.25, 0.3) is 10.4 Å². The largest absolute Gasteiger partial charge is 0.497 e. The summed E-state index contributed by atoms with van der Waals surface area (Å²) in [4.78, 5) is 11.8. The van der Waals surface area contributed by atoms with E-state index in [9.17, 15) is 4.79 Å². The molecule has 1 aromatic carbocycles. The molecule has 0 atom stereocenters. The molecule has 0 unspecified atom stereocenters. The number of carbonyl (C=O) groups is 1. The van der Waals surface area contributed by atoms with Gasteiger partial charge in [0.05, 0.1) is 20.6 Å². The Morgan fingerprint density at radius 1 is 1.26 bits per heavy atom. The second kappa shape index (κ2) is 5.75. The lowest BCUT2D eigenvalue weighted by Gasteiger charge is -2.10. The fourth-order valence-corrected chi connectivity index (χ4v) is 2.81. The summed E-state index contributed by atoms with van der Waals surface area (Å²) < 4.78 is 10.5. The third-order valence-electron chi connectivity index (χ3n) is 2.74. The van der Waals surface area contributed by atoms with Gasteiger partial charge in [0.1, 0.15) is 11.5 Å². The highest BCUT2D eigenvalue weighted by Crippen LogP contribution is 2.38. The lowest BCUT2D eigenvalue weighted by Crippen LogP contribution is -2.00. The maximum Gasteiger partial charge on any atom is 0.307 e. The quantitative estimate of drug-likeness (QED) is 0.913. The Morgan fingerprint density at radius 3 is 2.68 bits per heavy atom. The van der Waals surface area contributed by atoms with Crippen molar-refractivity contribution in [2.45, 2.75) is 6.42 Å². The monoisotopic (exact) mass is 278 g/mol. The fraction of sp³-hybridized carbons (Fsp3) is 0.214. The fourth-order valence-electron chi connectivity index (χ4n) is 1.87. The molecule has 5 heteroatoms. The molecule has 19 heavy (non-hydrogen) atoms. The average molecular weight is 278 g/mol. The van der Waals surface area contributed by atoms with Crippen molar-refractivity contribution in [1.29, 1.82) is 0 Å². The van der Waals surface area contributed by atoms with Crippen molar-refractivity contribution in [1.82, 2.24) is 0 Å². The zero-order chi connectivity index (χ0) is 13.8. The van der Waals surface area contributed by atoms with Gasteiger partial charge in [-0.1, -0.05) is 0 Å². The maximum absolute atomic E-state index is 10.9. The lowest BCUT2D eigenvalue weighted by molar-refractivity contribution is -0.136. The van der Waals surface area contributed by atoms with E-state index in [1.165, 1.54) is 11.3 Å². The van der Waals surface area contributed by atoms with E-state index in [0.29, 0.717) is 11.5 Å². The number of carboxylic acid groups (broad SMARTS) is 1. The van der Waals surface area contributed by atoms with Gasteiger partial charge in [-0.3, -0.25) is 4.79 Å². The standard InChI is InChI=1S/C14H14O4S/c1-17-10-3-4-12(18-2)11(8-10)14-9(5-6-19-14)7-13(15)16/h3-6,8H,7H2,1-2H3,(H,15,16). The number of rotatable bonds is 5. The Morgan fingerprint density at radius 2 is 2.05 bits per heavy atom. The second-order valence-electron chi connectivity index (χ2n) is 3.91. The van der Waals surface area contributed by atoms with Gasteiger partial charge in [-0.05, 0) is 35.2 Å². The molecule has 0 fully saturated rings. The highest BCUT2D eigenvalue weighted by atomic mass is 32.1. The van der Waals surface area contributed by atoms with Crippen LogP contribution in [-0.4, -0.2) is 25.3 Å². The summed E-state index contributed by atoms with van der Waals surface area (Å²) in [5.41, 5.74) is 1.64. The number of ether oxygens (including phenoxy) is 2. The van der Waals surface area contributed by atoms with Gasteiger partial charge >= 0.3 is 5.97 Å². The average Bonchev–Trinajstić information content (AvgIpc) is 2.85. The molecule has 0 spiro atoms. The summed E-state index contributed by atoms with van der Waals surface area (Å²) in [6.45, 7) is 0. The molecule has 2 aromatic rings. The third kappa shape index (κ3) is 2.88. The van der Waals surface area contributed by atoms with E-state index in [4.69, 9.17) is 14.6 Å². The molecule has 0 saturated heterocycles. The molecule has 1 heterocycles. The van der Waals surface area contributed by atoms with Gasteiger partial charge in [-0.25, -0.2) is 0 Å². The Labute approximate surface area is 115 Å². The van der Waals surface area contributed by atoms with Gasteiger partial charge < -0.3 is 14.6 Å². The van der Waals surface area contributed by atoms with Crippen molar-refractivity contribution in [3.63, 3.8) is 0 Å². The minimum absolute atomic E-state index is 0.000796. The number of carboxylic acids is 1. The van der Waals surface area contributed by atoms with Crippen molar-refractivity contribution in [3.05, 3.63) is 35.2 Å². The molecule has 0 bridgehead atoms. The van der Waals surface area contributed by atoms with E-state index in [-0.39, 0.29) is 6.42 Å². The molecule has 100 valence electrons. The second-order valence-corrected chi connectivity index (χ2v) is 4.83. The summed E-state index contributed by atoms with van der Waals surface area (Å²) in [6, 6.07) is 7.31. The summed E-state index contributed by atoms with van der Waals surface area (Å²) >= 11 is 1.49. The van der Waals surface area contributed by atoms with E-state index >= 15 is 0 Å². The Hall–Kier alpha value is -2.01. The number of hydrogen-bond donors (Lipinski definition) is 1. The Kier molecular flexibility index (Phi) is 4.06. The van der Waals surface area contributed by atoms with Gasteiger partial charge in [0.25, 0.3) is 0 Å². The Balaban J connectivity index is 2.51. The van der Waals surface area contributed by atoms with Crippen LogP contribution in [0.3, 0.4) is 0 Å². The molecule has 0 aliphatic carbocycles. The molecule has 0 aliphatic heterocycles. The van der Waals surface area contributed by atoms with Crippen LogP contribution >= 0.6 is 11.3 Å². The van der Waals surface area contributed by atoms with Crippen molar-refractivity contribution in [2.24, 2.45) is 0 Å². The van der Waals surface area contributed by atoms with Crippen LogP contribution in [0.1, 0.15) is 5.56 Å². The first-order valence-corrected chi connectivity index (χ1v) is 6.54. The van der Waals surface area contributed by atoms with Gasteiger partial charge in [0, 0.05) is 10.4 Å². The van der Waals surface area contributed by atoms with Gasteiger partial charge in [-0.2, -0.15) is 0 Å². The van der Waals surface area contributed by atoms with Crippen LogP contribution in [0.15, 0.2) is 29.6 Å². The highest BCUT2D eigenvalue weighted by molar-refractivity contribution is 7.13. The molecule has 0 aliphatic rings. The molecule has 1 aromatic heterocycles. The normalized spacial score (nSPS) is 10.2. The van der Waals surface area contributed by atoms with E-state index in [2.05, 4.69) is 0 Å². The first-order valence-electron chi connectivity index (χ1n) is 5.66. The molecule has 2 rings (SSSR count). The summed E-state index contributed by atoms with van der Waals surface area (Å²) in [7, 11) is 3.19. The molecule has 4 nitrogen and oxygen atoms in total. The van der Waals surface area contributed by atoms with Crippen LogP contribution < -0.4 is 9.47 Å². The summed E-state index contributed by atoms with van der Waals surface area (Å²) in [5, 5.41) is 10.8. The van der Waals surface area contributed by atoms with Gasteiger partial charge in [0.15, 0.2) is 0 Å². The predicted molar refractivity (Wildman–Crippen MR) is 74.2 cm³/mol. The van der Waals surface area contributed by atoms with Crippen LogP contribution in [0.4, 0.5) is 0 Å². The number of hydrogen-bond acceptors (Lipinski definition) is 4. The maximum atomic E-state index is 10.9. The molecule has 0 saturated carbocycles. The first-order chi connectivity index (χ1) is 9.15. The summed E-state index contributed by atoms with van der Waals surface area (Å²) in [5.74, 6) is 0.571. The smallest absolute Gasteiger partial charge is 0.307 e. The van der Waals surface area contributed by atoms with E-state index < -0.39 is 5.97 Å². The number of thiophene rings is 1. The van der Waals surface area contributed by atoms with Gasteiger partial charge in [0.2, 0.25) is 0 Å². The van der Waals surface area contributed by atoms with Crippen LogP contribution in [-0.2, 0) is 11.2 Å². The third-order valence-corrected chi connectivity index (χ3v) is 3.73. The van der Waals surface area contributed by atoms with Crippen LogP contribution in [0.5, 0.6) is 11.5 Å². The predicted octanol–water partition coefficient (Wildman–Crippen LogP) is 3.06. The molecule has 0 amide bonds. The van der Waals surface area contributed by atoms with E-state index in [1.54, 1.807) is 14.2 Å². The first kappa shape index (κ1) is 13.4. The van der Waals surface area contributed by atoms with Crippen LogP contribution in [0, 0.1) is 0 Å². The summed E-state index contributed by atoms with van der Waals surface area (Å²) in [6.07, 6.45) is -0.000796.